The van der Waals surface area contributed by atoms with E-state index in [1.54, 1.807) is 0 Å². The summed E-state index contributed by atoms with van der Waals surface area (Å²) in [7, 11) is 0. The van der Waals surface area contributed by atoms with Crippen molar-refractivity contribution in [1.29, 1.82) is 0 Å². The first kappa shape index (κ1) is 21.4. The van der Waals surface area contributed by atoms with Crippen molar-refractivity contribution in [1.82, 2.24) is 20.0 Å². The predicted octanol–water partition coefficient (Wildman–Crippen LogP) is 4.42. The van der Waals surface area contributed by atoms with Crippen LogP contribution in [0.1, 0.15) is 39.6 Å². The number of rotatable bonds is 6. The highest BCUT2D eigenvalue weighted by Crippen LogP contribution is 2.43. The topological polar surface area (TPSA) is 61.5 Å². The van der Waals surface area contributed by atoms with Crippen LogP contribution in [0.15, 0.2) is 53.0 Å². The number of hydrogen-bond donors (Lipinski definition) is 1. The Morgan fingerprint density at radius 3 is 2.50 bits per heavy atom. The fraction of sp³-hybridized carbons (Fsp3) is 0.360. The monoisotopic (exact) mass is 494 g/mol. The van der Waals surface area contributed by atoms with Gasteiger partial charge in [0.2, 0.25) is 0 Å². The summed E-state index contributed by atoms with van der Waals surface area (Å²) in [5.74, 6) is 0.0285. The molecule has 1 atom stereocenters. The maximum atomic E-state index is 13.4. The van der Waals surface area contributed by atoms with E-state index < -0.39 is 0 Å². The number of nitrogens with zero attached hydrogens (tertiary/aromatic N) is 3. The minimum atomic E-state index is -0.148. The van der Waals surface area contributed by atoms with Crippen molar-refractivity contribution in [3.63, 3.8) is 0 Å². The van der Waals surface area contributed by atoms with E-state index in [9.17, 15) is 4.79 Å². The van der Waals surface area contributed by atoms with Gasteiger partial charge in [0.15, 0.2) is 0 Å². The highest BCUT2D eigenvalue weighted by atomic mass is 79.9. The number of benzene rings is 2. The Bertz CT molecular complexity index is 1090. The molecule has 0 saturated carbocycles. The van der Waals surface area contributed by atoms with Crippen LogP contribution in [-0.4, -0.2) is 65.3 Å². The molecular formula is C25H27BrN4O2. The second-order valence-electron chi connectivity index (χ2n) is 8.49. The van der Waals surface area contributed by atoms with Crippen molar-refractivity contribution < 1.29 is 9.53 Å². The lowest BCUT2D eigenvalue weighted by Crippen LogP contribution is -2.38. The van der Waals surface area contributed by atoms with Crippen molar-refractivity contribution in [2.45, 2.75) is 19.4 Å². The minimum absolute atomic E-state index is 0.0285. The van der Waals surface area contributed by atoms with Crippen molar-refractivity contribution >= 4 is 21.8 Å². The number of halogens is 1. The van der Waals surface area contributed by atoms with Gasteiger partial charge in [-0.15, -0.1) is 0 Å². The predicted molar refractivity (Wildman–Crippen MR) is 128 cm³/mol. The van der Waals surface area contributed by atoms with Gasteiger partial charge in [0.05, 0.1) is 24.9 Å². The maximum Gasteiger partial charge on any atom is 0.273 e. The Morgan fingerprint density at radius 1 is 1.06 bits per heavy atom. The van der Waals surface area contributed by atoms with Gasteiger partial charge in [0, 0.05) is 41.8 Å². The summed E-state index contributed by atoms with van der Waals surface area (Å²) in [4.78, 5) is 17.9. The molecule has 7 heteroatoms. The molecule has 32 heavy (non-hydrogen) atoms. The van der Waals surface area contributed by atoms with Gasteiger partial charge in [-0.1, -0.05) is 57.9 Å². The summed E-state index contributed by atoms with van der Waals surface area (Å²) in [5.41, 5.74) is 5.77. The number of morpholine rings is 1. The van der Waals surface area contributed by atoms with Gasteiger partial charge in [-0.3, -0.25) is 14.8 Å². The average Bonchev–Trinajstić information content (AvgIpc) is 3.35. The molecule has 1 saturated heterocycles. The summed E-state index contributed by atoms with van der Waals surface area (Å²) in [6.45, 7) is 7.25. The zero-order chi connectivity index (χ0) is 22.1. The van der Waals surface area contributed by atoms with E-state index in [0.29, 0.717) is 12.2 Å². The molecule has 0 spiro atoms. The molecule has 3 aromatic rings. The number of carbonyl (C=O) groups is 1. The fourth-order valence-corrected chi connectivity index (χ4v) is 4.90. The zero-order valence-corrected chi connectivity index (χ0v) is 19.8. The smallest absolute Gasteiger partial charge is 0.273 e. The number of H-pyrrole nitrogens is 1. The molecule has 0 radical (unpaired) electrons. The van der Waals surface area contributed by atoms with E-state index in [4.69, 9.17) is 4.74 Å². The molecule has 6 nitrogen and oxygen atoms in total. The summed E-state index contributed by atoms with van der Waals surface area (Å²) in [6, 6.07) is 16.4. The van der Waals surface area contributed by atoms with Crippen LogP contribution < -0.4 is 0 Å². The van der Waals surface area contributed by atoms with Crippen molar-refractivity contribution in [2.24, 2.45) is 0 Å². The quantitative estimate of drug-likeness (QED) is 0.550. The molecule has 2 aromatic carbocycles. The van der Waals surface area contributed by atoms with Gasteiger partial charge in [0.1, 0.15) is 5.69 Å². The van der Waals surface area contributed by atoms with E-state index >= 15 is 0 Å². The SMILES string of the molecule is Cc1ccc(-c2n[nH]c3c2C(c2ccc(Br)cc2)N(CCCN2CCOCC2)C3=O)cc1. The van der Waals surface area contributed by atoms with E-state index in [1.165, 1.54) is 5.56 Å². The molecule has 3 heterocycles. The Hall–Kier alpha value is -2.48. The van der Waals surface area contributed by atoms with E-state index in [1.807, 2.05) is 17.0 Å². The Balaban J connectivity index is 1.46. The first-order chi connectivity index (χ1) is 15.6. The third-order valence-corrected chi connectivity index (χ3v) is 6.88. The number of aromatic nitrogens is 2. The Kier molecular flexibility index (Phi) is 6.13. The van der Waals surface area contributed by atoms with Gasteiger partial charge in [-0.2, -0.15) is 5.10 Å². The first-order valence-corrected chi connectivity index (χ1v) is 11.9. The van der Waals surface area contributed by atoms with E-state index in [0.717, 1.165) is 66.1 Å². The van der Waals surface area contributed by atoms with E-state index in [-0.39, 0.29) is 11.9 Å². The number of fused-ring (bicyclic) bond motifs is 1. The Labute approximate surface area is 196 Å². The van der Waals surface area contributed by atoms with Crippen LogP contribution in [0.3, 0.4) is 0 Å². The molecule has 1 fully saturated rings. The van der Waals surface area contributed by atoms with Crippen LogP contribution in [0.4, 0.5) is 0 Å². The van der Waals surface area contributed by atoms with Gasteiger partial charge in [-0.25, -0.2) is 0 Å². The molecule has 1 amide bonds. The first-order valence-electron chi connectivity index (χ1n) is 11.1. The second-order valence-corrected chi connectivity index (χ2v) is 9.40. The molecule has 0 aliphatic carbocycles. The number of carbonyl (C=O) groups excluding carboxylic acids is 1. The lowest BCUT2D eigenvalue weighted by atomic mass is 9.96. The van der Waals surface area contributed by atoms with Crippen molar-refractivity contribution in [3.05, 3.63) is 75.4 Å². The van der Waals surface area contributed by atoms with Gasteiger partial charge < -0.3 is 9.64 Å². The number of ether oxygens (including phenoxy) is 1. The van der Waals surface area contributed by atoms with Crippen LogP contribution in [0.25, 0.3) is 11.3 Å². The number of nitrogens with one attached hydrogen (secondary N) is 1. The standard InChI is InChI=1S/C25H27BrN4O2/c1-17-3-5-18(6-4-17)22-21-23(28-27-22)25(31)30(12-2-11-29-13-15-32-16-14-29)24(21)19-7-9-20(26)10-8-19/h3-10,24H,2,11-16H2,1H3,(H,27,28). The number of amides is 1. The van der Waals surface area contributed by atoms with Crippen molar-refractivity contribution in [3.8, 4) is 11.3 Å². The highest BCUT2D eigenvalue weighted by molar-refractivity contribution is 9.10. The third kappa shape index (κ3) is 4.12. The van der Waals surface area contributed by atoms with Gasteiger partial charge in [0.25, 0.3) is 5.91 Å². The zero-order valence-electron chi connectivity index (χ0n) is 18.2. The normalized spacial score (nSPS) is 18.9. The van der Waals surface area contributed by atoms with Crippen LogP contribution in [0.5, 0.6) is 0 Å². The fourth-order valence-electron chi connectivity index (χ4n) is 4.64. The maximum absolute atomic E-state index is 13.4. The highest BCUT2D eigenvalue weighted by Gasteiger charge is 2.41. The Morgan fingerprint density at radius 2 is 1.78 bits per heavy atom. The van der Waals surface area contributed by atoms with Gasteiger partial charge in [-0.05, 0) is 31.0 Å². The van der Waals surface area contributed by atoms with Crippen LogP contribution in [0.2, 0.25) is 0 Å². The molecule has 2 aliphatic heterocycles. The third-order valence-electron chi connectivity index (χ3n) is 6.35. The molecule has 1 N–H and O–H groups in total. The molecule has 1 unspecified atom stereocenters. The van der Waals surface area contributed by atoms with Crippen LogP contribution in [0, 0.1) is 6.92 Å². The summed E-state index contributed by atoms with van der Waals surface area (Å²) in [6.07, 6.45) is 0.927. The number of aromatic amines is 1. The second kappa shape index (κ2) is 9.17. The largest absolute Gasteiger partial charge is 0.379 e. The van der Waals surface area contributed by atoms with Crippen molar-refractivity contribution in [2.75, 3.05) is 39.4 Å². The summed E-state index contributed by atoms with van der Waals surface area (Å²) in [5, 5.41) is 7.62. The van der Waals surface area contributed by atoms with Gasteiger partial charge >= 0.3 is 0 Å². The average molecular weight is 495 g/mol. The number of aryl methyl sites for hydroxylation is 1. The molecule has 2 aliphatic rings. The molecule has 166 valence electrons. The molecular weight excluding hydrogens is 468 g/mol. The molecule has 1 aromatic heterocycles. The van der Waals surface area contributed by atoms with Crippen LogP contribution >= 0.6 is 15.9 Å². The number of hydrogen-bond acceptors (Lipinski definition) is 4. The minimum Gasteiger partial charge on any atom is -0.379 e. The van der Waals surface area contributed by atoms with E-state index in [2.05, 4.69) is 74.3 Å². The molecule has 0 bridgehead atoms. The lowest BCUT2D eigenvalue weighted by molar-refractivity contribution is 0.0354. The molecule has 5 rings (SSSR count). The van der Waals surface area contributed by atoms with Crippen LogP contribution in [-0.2, 0) is 4.74 Å². The summed E-state index contributed by atoms with van der Waals surface area (Å²) >= 11 is 3.53. The lowest BCUT2D eigenvalue weighted by Gasteiger charge is -2.29. The summed E-state index contributed by atoms with van der Waals surface area (Å²) < 4.78 is 6.48.